The molecule has 4 amide bonds. The molecule has 14 heteroatoms. The summed E-state index contributed by atoms with van der Waals surface area (Å²) >= 11 is 0. The van der Waals surface area contributed by atoms with E-state index in [1.807, 2.05) is 75.9 Å². The van der Waals surface area contributed by atoms with Gasteiger partial charge in [-0.2, -0.15) is 0 Å². The summed E-state index contributed by atoms with van der Waals surface area (Å²) in [6, 6.07) is 9.51. The highest BCUT2D eigenvalue weighted by Crippen LogP contribution is 2.33. The van der Waals surface area contributed by atoms with Crippen LogP contribution in [0, 0.1) is 23.7 Å². The molecule has 284 valence electrons. The Morgan fingerprint density at radius 2 is 1.40 bits per heavy atom. The van der Waals surface area contributed by atoms with Gasteiger partial charge in [0.2, 0.25) is 11.8 Å². The number of nitrogens with zero attached hydrogens (tertiary/aromatic N) is 3. The zero-order valence-corrected chi connectivity index (χ0v) is 31.6. The summed E-state index contributed by atoms with van der Waals surface area (Å²) in [7, 11) is 2.57. The highest BCUT2D eigenvalue weighted by molar-refractivity contribution is 5.87. The van der Waals surface area contributed by atoms with Gasteiger partial charge in [-0.15, -0.1) is 0 Å². The first-order valence-electron chi connectivity index (χ1n) is 18.3. The highest BCUT2D eigenvalue weighted by atomic mass is 16.5. The van der Waals surface area contributed by atoms with Crippen molar-refractivity contribution in [3.8, 4) is 11.8 Å². The number of anilines is 2. The summed E-state index contributed by atoms with van der Waals surface area (Å²) in [5, 5.41) is 8.90. The van der Waals surface area contributed by atoms with E-state index >= 15 is 0 Å². The Labute approximate surface area is 310 Å². The van der Waals surface area contributed by atoms with Crippen LogP contribution in [0.4, 0.5) is 21.0 Å². The van der Waals surface area contributed by atoms with E-state index in [0.29, 0.717) is 24.6 Å². The summed E-state index contributed by atoms with van der Waals surface area (Å²) in [6.45, 7) is 10.8. The second-order valence-electron chi connectivity index (χ2n) is 14.5. The van der Waals surface area contributed by atoms with Crippen LogP contribution in [0.1, 0.15) is 83.3 Å². The van der Waals surface area contributed by atoms with E-state index in [-0.39, 0.29) is 41.8 Å². The van der Waals surface area contributed by atoms with E-state index in [1.165, 1.54) is 14.2 Å². The van der Waals surface area contributed by atoms with Gasteiger partial charge in [0.15, 0.2) is 0 Å². The highest BCUT2D eigenvalue weighted by Gasteiger charge is 2.39. The monoisotopic (exact) mass is 728 g/mol. The lowest BCUT2D eigenvalue weighted by atomic mass is 10.0. The molecule has 0 radical (unpaired) electrons. The molecule has 2 aliphatic heterocycles. The van der Waals surface area contributed by atoms with Crippen LogP contribution in [0.5, 0.6) is 0 Å². The van der Waals surface area contributed by atoms with Crippen LogP contribution >= 0.6 is 0 Å². The SMILES string of the molecule is COC(=O)NC(C(=O)N1CCCC1c1nc2ccc(C#Cc3ccc(N)c(NC(C)C4CCCN4C(=O)C(NC(=O)OC)C(C)C)c3)cc2[nH]1)C(C)C. The average Bonchev–Trinajstić information content (AvgIpc) is 3.92. The number of amides is 4. The van der Waals surface area contributed by atoms with Gasteiger partial charge >= 0.3 is 12.2 Å². The fourth-order valence-corrected chi connectivity index (χ4v) is 7.17. The molecule has 3 heterocycles. The van der Waals surface area contributed by atoms with Crippen molar-refractivity contribution in [3.63, 3.8) is 0 Å². The average molecular weight is 729 g/mol. The molecule has 1 aromatic heterocycles. The fraction of sp³-hybridized carbons (Fsp3) is 0.513. The third-order valence-corrected chi connectivity index (χ3v) is 10.1. The van der Waals surface area contributed by atoms with Crippen molar-refractivity contribution in [2.45, 2.75) is 90.5 Å². The Morgan fingerprint density at radius 3 is 2.02 bits per heavy atom. The van der Waals surface area contributed by atoms with Crippen LogP contribution in [-0.4, -0.2) is 95.2 Å². The number of hydrogen-bond donors (Lipinski definition) is 5. The molecule has 5 unspecified atom stereocenters. The molecule has 6 N–H and O–H groups in total. The summed E-state index contributed by atoms with van der Waals surface area (Å²) in [4.78, 5) is 62.9. The number of ether oxygens (including phenoxy) is 2. The van der Waals surface area contributed by atoms with E-state index in [9.17, 15) is 19.2 Å². The van der Waals surface area contributed by atoms with Gasteiger partial charge in [0, 0.05) is 30.3 Å². The van der Waals surface area contributed by atoms with Gasteiger partial charge in [-0.25, -0.2) is 14.6 Å². The van der Waals surface area contributed by atoms with E-state index in [1.54, 1.807) is 4.90 Å². The van der Waals surface area contributed by atoms with Gasteiger partial charge in [-0.1, -0.05) is 39.5 Å². The maximum absolute atomic E-state index is 13.6. The van der Waals surface area contributed by atoms with Gasteiger partial charge < -0.3 is 45.9 Å². The van der Waals surface area contributed by atoms with Crippen molar-refractivity contribution in [2.75, 3.05) is 38.4 Å². The topological polar surface area (TPSA) is 184 Å². The zero-order chi connectivity index (χ0) is 38.4. The van der Waals surface area contributed by atoms with Crippen LogP contribution < -0.4 is 21.7 Å². The summed E-state index contributed by atoms with van der Waals surface area (Å²) < 4.78 is 9.51. The van der Waals surface area contributed by atoms with E-state index in [2.05, 4.69) is 32.8 Å². The second kappa shape index (κ2) is 16.9. The van der Waals surface area contributed by atoms with Crippen molar-refractivity contribution in [3.05, 3.63) is 53.3 Å². The lowest BCUT2D eigenvalue weighted by Crippen LogP contribution is -2.54. The molecule has 53 heavy (non-hydrogen) atoms. The van der Waals surface area contributed by atoms with Crippen LogP contribution in [-0.2, 0) is 19.1 Å². The molecule has 0 spiro atoms. The summed E-state index contributed by atoms with van der Waals surface area (Å²) in [5.41, 5.74) is 10.8. The minimum atomic E-state index is -0.706. The number of carbonyl (C=O) groups is 4. The van der Waals surface area contributed by atoms with Crippen molar-refractivity contribution < 1.29 is 28.7 Å². The number of imidazole rings is 1. The van der Waals surface area contributed by atoms with Crippen molar-refractivity contribution in [2.24, 2.45) is 11.8 Å². The predicted molar refractivity (Wildman–Crippen MR) is 203 cm³/mol. The third-order valence-electron chi connectivity index (χ3n) is 10.1. The molecule has 2 aliphatic rings. The molecule has 5 atom stereocenters. The molecule has 5 rings (SSSR count). The van der Waals surface area contributed by atoms with E-state index < -0.39 is 24.3 Å². The number of hydrogen-bond acceptors (Lipinski definition) is 9. The largest absolute Gasteiger partial charge is 0.453 e. The number of aromatic amines is 1. The smallest absolute Gasteiger partial charge is 0.407 e. The molecule has 0 saturated carbocycles. The van der Waals surface area contributed by atoms with Crippen LogP contribution in [0.2, 0.25) is 0 Å². The Morgan fingerprint density at radius 1 is 0.830 bits per heavy atom. The Hall–Kier alpha value is -5.45. The first-order valence-corrected chi connectivity index (χ1v) is 18.3. The van der Waals surface area contributed by atoms with Gasteiger partial charge in [0.05, 0.1) is 48.7 Å². The number of aromatic nitrogens is 2. The van der Waals surface area contributed by atoms with Crippen LogP contribution in [0.15, 0.2) is 36.4 Å². The molecule has 2 aromatic carbocycles. The summed E-state index contributed by atoms with van der Waals surface area (Å²) in [6.07, 6.45) is 2.00. The molecule has 14 nitrogen and oxygen atoms in total. The standard InChI is InChI=1S/C39H52N8O6/c1-22(2)33(44-38(50)52-6)36(48)46-18-8-10-31(46)24(5)41-29-20-25(14-16-27(29)40)12-13-26-15-17-28-30(21-26)43-35(42-28)32-11-9-19-47(32)37(49)34(23(3)4)45-39(51)53-7/h14-17,20-24,31-34,41H,8-11,18-19,40H2,1-7H3,(H,42,43)(H,44,50)(H,45,51). The minimum Gasteiger partial charge on any atom is -0.453 e. The van der Waals surface area contributed by atoms with Crippen LogP contribution in [0.25, 0.3) is 11.0 Å². The van der Waals surface area contributed by atoms with E-state index in [4.69, 9.17) is 20.2 Å². The predicted octanol–water partition coefficient (Wildman–Crippen LogP) is 4.76. The molecular weight excluding hydrogens is 676 g/mol. The normalized spacial score (nSPS) is 18.7. The number of H-pyrrole nitrogens is 1. The molecule has 0 bridgehead atoms. The number of likely N-dealkylation sites (tertiary alicyclic amines) is 2. The van der Waals surface area contributed by atoms with Gasteiger partial charge in [0.1, 0.15) is 17.9 Å². The van der Waals surface area contributed by atoms with Gasteiger partial charge in [-0.3, -0.25) is 9.59 Å². The number of nitrogens with two attached hydrogens (primary N) is 1. The minimum absolute atomic E-state index is 0.0917. The number of nitrogens with one attached hydrogen (secondary N) is 4. The molecule has 3 aromatic rings. The maximum atomic E-state index is 13.6. The van der Waals surface area contributed by atoms with E-state index in [0.717, 1.165) is 53.5 Å². The Kier molecular flexibility index (Phi) is 12.4. The number of nitrogen functional groups attached to an aromatic ring is 1. The number of rotatable bonds is 10. The Bertz CT molecular complexity index is 1880. The third kappa shape index (κ3) is 8.96. The number of benzene rings is 2. The zero-order valence-electron chi connectivity index (χ0n) is 31.6. The lowest BCUT2D eigenvalue weighted by Gasteiger charge is -2.34. The van der Waals surface area contributed by atoms with Gasteiger partial charge in [-0.05, 0) is 80.8 Å². The second-order valence-corrected chi connectivity index (χ2v) is 14.5. The summed E-state index contributed by atoms with van der Waals surface area (Å²) in [5.74, 6) is 6.68. The number of carbonyl (C=O) groups excluding carboxylic acids is 4. The molecule has 2 fully saturated rings. The van der Waals surface area contributed by atoms with Crippen molar-refractivity contribution >= 4 is 46.4 Å². The van der Waals surface area contributed by atoms with Crippen molar-refractivity contribution in [1.82, 2.24) is 30.4 Å². The van der Waals surface area contributed by atoms with Crippen LogP contribution in [0.3, 0.4) is 0 Å². The molecule has 2 saturated heterocycles. The quantitative estimate of drug-likeness (QED) is 0.145. The lowest BCUT2D eigenvalue weighted by molar-refractivity contribution is -0.136. The van der Waals surface area contributed by atoms with Gasteiger partial charge in [0.25, 0.3) is 0 Å². The molecular formula is C39H52N8O6. The maximum Gasteiger partial charge on any atom is 0.407 e. The number of methoxy groups -OCH3 is 2. The number of fused-ring (bicyclic) bond motifs is 1. The van der Waals surface area contributed by atoms with Crippen molar-refractivity contribution in [1.29, 1.82) is 0 Å². The molecule has 0 aliphatic carbocycles. The first-order chi connectivity index (χ1) is 25.3. The fourth-order valence-electron chi connectivity index (χ4n) is 7.17. The Balaban J connectivity index is 1.29. The first kappa shape index (κ1) is 38.8. The number of alkyl carbamates (subject to hydrolysis) is 2.